The maximum Gasteiger partial charge on any atom is 0.332 e. The van der Waals surface area contributed by atoms with Crippen molar-refractivity contribution in [1.29, 1.82) is 0 Å². The first-order valence-corrected chi connectivity index (χ1v) is 8.33. The van der Waals surface area contributed by atoms with Crippen LogP contribution >= 0.6 is 0 Å². The summed E-state index contributed by atoms with van der Waals surface area (Å²) < 4.78 is 5.06. The van der Waals surface area contributed by atoms with Gasteiger partial charge < -0.3 is 10.1 Å². The molecule has 0 heterocycles. The molecule has 4 nitrogen and oxygen atoms in total. The molecule has 1 amide bonds. The second-order valence-electron chi connectivity index (χ2n) is 5.90. The first-order valence-electron chi connectivity index (χ1n) is 8.33. The number of hydrogen-bond donors (Lipinski definition) is 1. The fourth-order valence-electron chi connectivity index (χ4n) is 3.07. The van der Waals surface area contributed by atoms with E-state index < -0.39 is 17.4 Å². The van der Waals surface area contributed by atoms with Crippen molar-refractivity contribution in [3.63, 3.8) is 0 Å². The molecule has 0 radical (unpaired) electrons. The highest BCUT2D eigenvalue weighted by Gasteiger charge is 2.46. The first kappa shape index (κ1) is 19.2. The Bertz CT molecular complexity index is 770. The summed E-state index contributed by atoms with van der Waals surface area (Å²) in [5.74, 6) is -1.39. The van der Waals surface area contributed by atoms with E-state index in [0.717, 1.165) is 5.56 Å². The molecule has 0 bridgehead atoms. The van der Waals surface area contributed by atoms with Gasteiger partial charge in [-0.3, -0.25) is 4.79 Å². The fraction of sp³-hybridized carbons (Fsp3) is 0.182. The number of esters is 1. The molecule has 2 rings (SSSR count). The van der Waals surface area contributed by atoms with E-state index in [9.17, 15) is 9.59 Å². The van der Waals surface area contributed by atoms with Gasteiger partial charge >= 0.3 is 5.97 Å². The lowest BCUT2D eigenvalue weighted by Gasteiger charge is -2.37. The van der Waals surface area contributed by atoms with E-state index in [2.05, 4.69) is 18.5 Å². The normalized spacial score (nSPS) is 13.7. The zero-order chi connectivity index (χ0) is 19.0. The lowest BCUT2D eigenvalue weighted by Crippen LogP contribution is -2.58. The number of rotatable bonds is 8. The molecule has 2 aromatic carbocycles. The minimum absolute atomic E-state index is 0.198. The smallest absolute Gasteiger partial charge is 0.332 e. The van der Waals surface area contributed by atoms with Crippen LogP contribution in [0, 0.1) is 0 Å². The molecule has 0 saturated heterocycles. The van der Waals surface area contributed by atoms with Gasteiger partial charge in [-0.15, -0.1) is 13.2 Å². The van der Waals surface area contributed by atoms with Crippen molar-refractivity contribution in [3.8, 4) is 0 Å². The predicted molar refractivity (Wildman–Crippen MR) is 103 cm³/mol. The Balaban J connectivity index is 2.53. The molecule has 134 valence electrons. The summed E-state index contributed by atoms with van der Waals surface area (Å²) in [6, 6.07) is 18.2. The molecule has 0 unspecified atom stereocenters. The van der Waals surface area contributed by atoms with Gasteiger partial charge in [0, 0.05) is 11.5 Å². The van der Waals surface area contributed by atoms with E-state index in [1.807, 2.05) is 36.4 Å². The third-order valence-corrected chi connectivity index (χ3v) is 4.31. The summed E-state index contributed by atoms with van der Waals surface area (Å²) in [6.07, 6.45) is 3.45. The van der Waals surface area contributed by atoms with Crippen LogP contribution in [0.1, 0.15) is 28.3 Å². The van der Waals surface area contributed by atoms with Crippen molar-refractivity contribution in [2.24, 2.45) is 0 Å². The summed E-state index contributed by atoms with van der Waals surface area (Å²) >= 11 is 0. The molecule has 0 saturated carbocycles. The van der Waals surface area contributed by atoms with Crippen LogP contribution in [-0.2, 0) is 9.53 Å². The average molecular weight is 349 g/mol. The molecule has 26 heavy (non-hydrogen) atoms. The van der Waals surface area contributed by atoms with E-state index >= 15 is 0 Å². The van der Waals surface area contributed by atoms with Crippen LogP contribution in [0.15, 0.2) is 86.0 Å². The van der Waals surface area contributed by atoms with E-state index in [1.54, 1.807) is 36.4 Å². The van der Waals surface area contributed by atoms with Gasteiger partial charge in [0.25, 0.3) is 5.91 Å². The number of amides is 1. The topological polar surface area (TPSA) is 55.4 Å². The van der Waals surface area contributed by atoms with Gasteiger partial charge in [0.05, 0.1) is 7.11 Å². The van der Waals surface area contributed by atoms with Crippen molar-refractivity contribution in [2.45, 2.75) is 17.9 Å². The maximum absolute atomic E-state index is 12.8. The minimum atomic E-state index is -1.34. The molecular formula is C22H23NO3. The second-order valence-corrected chi connectivity index (χ2v) is 5.90. The average Bonchev–Trinajstić information content (AvgIpc) is 2.69. The molecule has 0 aliphatic rings. The Labute approximate surface area is 154 Å². The zero-order valence-electron chi connectivity index (χ0n) is 14.9. The Morgan fingerprint density at radius 2 is 1.65 bits per heavy atom. The highest BCUT2D eigenvalue weighted by atomic mass is 16.5. The standard InChI is InChI=1S/C22H23NO3/c1-4-16-22(21(25)26-3,19(5-2)17-12-8-6-9-13-17)23-20(24)18-14-10-7-11-15-18/h4-15,19H,1-2,16H2,3H3,(H,23,24)/t19-,22+/m0/s1. The van der Waals surface area contributed by atoms with Gasteiger partial charge in [0.2, 0.25) is 0 Å². The monoisotopic (exact) mass is 349 g/mol. The molecule has 0 spiro atoms. The van der Waals surface area contributed by atoms with Crippen molar-refractivity contribution in [2.75, 3.05) is 7.11 Å². The Morgan fingerprint density at radius 3 is 2.15 bits per heavy atom. The van der Waals surface area contributed by atoms with Gasteiger partial charge in [-0.2, -0.15) is 0 Å². The number of carbonyl (C=O) groups is 2. The van der Waals surface area contributed by atoms with E-state index in [0.29, 0.717) is 5.56 Å². The van der Waals surface area contributed by atoms with Gasteiger partial charge in [-0.1, -0.05) is 60.7 Å². The zero-order valence-corrected chi connectivity index (χ0v) is 14.9. The van der Waals surface area contributed by atoms with Crippen molar-refractivity contribution in [3.05, 3.63) is 97.1 Å². The number of hydrogen-bond acceptors (Lipinski definition) is 3. The van der Waals surface area contributed by atoms with Crippen LogP contribution < -0.4 is 5.32 Å². The van der Waals surface area contributed by atoms with E-state index in [4.69, 9.17) is 4.74 Å². The molecule has 2 atom stereocenters. The van der Waals surface area contributed by atoms with Crippen molar-refractivity contribution < 1.29 is 14.3 Å². The summed E-state index contributed by atoms with van der Waals surface area (Å²) in [6.45, 7) is 7.65. The molecule has 0 aromatic heterocycles. The number of ether oxygens (including phenoxy) is 1. The molecule has 0 fully saturated rings. The van der Waals surface area contributed by atoms with Crippen LogP contribution in [0.3, 0.4) is 0 Å². The number of carbonyl (C=O) groups excluding carboxylic acids is 2. The highest BCUT2D eigenvalue weighted by molar-refractivity contribution is 5.98. The summed E-state index contributed by atoms with van der Waals surface area (Å²) in [7, 11) is 1.31. The Kier molecular flexibility index (Phi) is 6.50. The molecule has 2 aromatic rings. The summed E-state index contributed by atoms with van der Waals surface area (Å²) in [4.78, 5) is 25.7. The van der Waals surface area contributed by atoms with Gasteiger partial charge in [-0.05, 0) is 24.1 Å². The SMILES string of the molecule is C=CC[C@](NC(=O)c1ccccc1)(C(=O)OC)[C@@H](C=C)c1ccccc1. The largest absolute Gasteiger partial charge is 0.467 e. The quantitative estimate of drug-likeness (QED) is 0.581. The second kappa shape index (κ2) is 8.81. The third kappa shape index (κ3) is 3.91. The van der Waals surface area contributed by atoms with Crippen LogP contribution in [0.25, 0.3) is 0 Å². The van der Waals surface area contributed by atoms with Crippen molar-refractivity contribution >= 4 is 11.9 Å². The number of nitrogens with one attached hydrogen (secondary N) is 1. The molecule has 0 aliphatic carbocycles. The lowest BCUT2D eigenvalue weighted by atomic mass is 9.76. The Hall–Kier alpha value is -3.14. The molecule has 1 N–H and O–H groups in total. The molecule has 0 aliphatic heterocycles. The van der Waals surface area contributed by atoms with E-state index in [-0.39, 0.29) is 12.3 Å². The fourth-order valence-corrected chi connectivity index (χ4v) is 3.07. The summed E-state index contributed by atoms with van der Waals surface area (Å²) in [5, 5.41) is 2.89. The summed E-state index contributed by atoms with van der Waals surface area (Å²) in [5.41, 5.74) is -0.0316. The highest BCUT2D eigenvalue weighted by Crippen LogP contribution is 2.34. The third-order valence-electron chi connectivity index (χ3n) is 4.31. The van der Waals surface area contributed by atoms with Gasteiger partial charge in [0.1, 0.15) is 0 Å². The predicted octanol–water partition coefficient (Wildman–Crippen LogP) is 3.87. The minimum Gasteiger partial charge on any atom is -0.467 e. The van der Waals surface area contributed by atoms with Crippen LogP contribution in [0.5, 0.6) is 0 Å². The van der Waals surface area contributed by atoms with Crippen LogP contribution in [-0.4, -0.2) is 24.5 Å². The maximum atomic E-state index is 12.8. The Morgan fingerprint density at radius 1 is 1.08 bits per heavy atom. The number of benzene rings is 2. The van der Waals surface area contributed by atoms with Gasteiger partial charge in [-0.25, -0.2) is 4.79 Å². The van der Waals surface area contributed by atoms with Crippen LogP contribution in [0.4, 0.5) is 0 Å². The van der Waals surface area contributed by atoms with Crippen molar-refractivity contribution in [1.82, 2.24) is 5.32 Å². The lowest BCUT2D eigenvalue weighted by molar-refractivity contribution is -0.148. The van der Waals surface area contributed by atoms with Gasteiger partial charge in [0.15, 0.2) is 5.54 Å². The first-order chi connectivity index (χ1) is 12.6. The van der Waals surface area contributed by atoms with E-state index in [1.165, 1.54) is 7.11 Å². The number of methoxy groups -OCH3 is 1. The molecular weight excluding hydrogens is 326 g/mol. The molecule has 4 heteroatoms. The van der Waals surface area contributed by atoms with Crippen LogP contribution in [0.2, 0.25) is 0 Å².